The average Bonchev–Trinajstić information content (AvgIpc) is 2.90. The second kappa shape index (κ2) is 4.37. The van der Waals surface area contributed by atoms with Gasteiger partial charge in [0.25, 0.3) is 0 Å². The van der Waals surface area contributed by atoms with Crippen molar-refractivity contribution in [1.82, 2.24) is 5.16 Å². The maximum Gasteiger partial charge on any atom is 0.167 e. The number of phenols is 1. The van der Waals surface area contributed by atoms with E-state index < -0.39 is 0 Å². The van der Waals surface area contributed by atoms with Crippen molar-refractivity contribution in [2.75, 3.05) is 0 Å². The van der Waals surface area contributed by atoms with Gasteiger partial charge in [-0.25, -0.2) is 0 Å². The molecule has 0 unspecified atom stereocenters. The van der Waals surface area contributed by atoms with Gasteiger partial charge in [0.05, 0.1) is 0 Å². The fourth-order valence-electron chi connectivity index (χ4n) is 1.83. The molecular weight excluding hydrogens is 226 g/mol. The fraction of sp³-hybridized carbons (Fsp3) is 0. The average molecular weight is 237 g/mol. The first-order valence-corrected chi connectivity index (χ1v) is 5.65. The maximum atomic E-state index is 9.76. The second-order valence-corrected chi connectivity index (χ2v) is 3.96. The Morgan fingerprint density at radius 3 is 2.39 bits per heavy atom. The molecule has 1 N–H and O–H groups in total. The van der Waals surface area contributed by atoms with E-state index in [2.05, 4.69) is 5.16 Å². The van der Waals surface area contributed by atoms with E-state index in [1.807, 2.05) is 48.5 Å². The molecule has 3 nitrogen and oxygen atoms in total. The van der Waals surface area contributed by atoms with E-state index in [0.29, 0.717) is 17.0 Å². The van der Waals surface area contributed by atoms with Crippen LogP contribution in [-0.4, -0.2) is 10.3 Å². The van der Waals surface area contributed by atoms with Crippen LogP contribution in [-0.2, 0) is 0 Å². The Morgan fingerprint density at radius 2 is 1.61 bits per heavy atom. The summed E-state index contributed by atoms with van der Waals surface area (Å²) in [6.07, 6.45) is 0. The Hall–Kier alpha value is -2.55. The Kier molecular flexibility index (Phi) is 2.57. The highest BCUT2D eigenvalue weighted by atomic mass is 16.5. The smallest absolute Gasteiger partial charge is 0.167 e. The normalized spacial score (nSPS) is 10.4. The number of phenolic OH excluding ortho intramolecular Hbond substituents is 1. The number of nitrogens with zero attached hydrogens (tertiary/aromatic N) is 1. The van der Waals surface area contributed by atoms with Gasteiger partial charge < -0.3 is 9.63 Å². The van der Waals surface area contributed by atoms with Gasteiger partial charge in [-0.3, -0.25) is 0 Å². The van der Waals surface area contributed by atoms with E-state index in [1.54, 1.807) is 12.1 Å². The maximum absolute atomic E-state index is 9.76. The van der Waals surface area contributed by atoms with Gasteiger partial charge in [0, 0.05) is 17.2 Å². The van der Waals surface area contributed by atoms with Crippen LogP contribution in [0, 0.1) is 0 Å². The summed E-state index contributed by atoms with van der Waals surface area (Å²) < 4.78 is 5.30. The van der Waals surface area contributed by atoms with Crippen molar-refractivity contribution in [3.8, 4) is 28.3 Å². The van der Waals surface area contributed by atoms with Gasteiger partial charge in [0.2, 0.25) is 0 Å². The van der Waals surface area contributed by atoms with Crippen LogP contribution >= 0.6 is 0 Å². The summed E-state index contributed by atoms with van der Waals surface area (Å²) >= 11 is 0. The lowest BCUT2D eigenvalue weighted by Gasteiger charge is -1.97. The largest absolute Gasteiger partial charge is 0.507 e. The van der Waals surface area contributed by atoms with Gasteiger partial charge >= 0.3 is 0 Å². The molecule has 0 bridgehead atoms. The molecule has 1 heterocycles. The Labute approximate surface area is 104 Å². The van der Waals surface area contributed by atoms with Gasteiger partial charge in [0.15, 0.2) is 5.76 Å². The van der Waals surface area contributed by atoms with E-state index in [4.69, 9.17) is 4.52 Å². The topological polar surface area (TPSA) is 46.3 Å². The predicted molar refractivity (Wildman–Crippen MR) is 69.0 cm³/mol. The lowest BCUT2D eigenvalue weighted by Crippen LogP contribution is -1.76. The van der Waals surface area contributed by atoms with Gasteiger partial charge in [-0.2, -0.15) is 0 Å². The molecule has 18 heavy (non-hydrogen) atoms. The standard InChI is InChI=1S/C15H11NO2/c17-14-9-5-4-8-12(14)13-10-15(18-16-13)11-6-2-1-3-7-11/h1-10,17H. The zero-order valence-electron chi connectivity index (χ0n) is 9.58. The number of hydrogen-bond donors (Lipinski definition) is 1. The lowest BCUT2D eigenvalue weighted by atomic mass is 10.1. The van der Waals surface area contributed by atoms with E-state index >= 15 is 0 Å². The van der Waals surface area contributed by atoms with E-state index in [9.17, 15) is 5.11 Å². The summed E-state index contributed by atoms with van der Waals surface area (Å²) in [5, 5.41) is 13.8. The molecule has 88 valence electrons. The minimum Gasteiger partial charge on any atom is -0.507 e. The predicted octanol–water partition coefficient (Wildman–Crippen LogP) is 3.71. The molecule has 3 aromatic rings. The van der Waals surface area contributed by atoms with Gasteiger partial charge in [-0.05, 0) is 12.1 Å². The third kappa shape index (κ3) is 1.86. The van der Waals surface area contributed by atoms with Crippen molar-refractivity contribution in [3.05, 3.63) is 60.7 Å². The van der Waals surface area contributed by atoms with Gasteiger partial charge in [-0.1, -0.05) is 47.6 Å². The van der Waals surface area contributed by atoms with Crippen molar-refractivity contribution >= 4 is 0 Å². The highest BCUT2D eigenvalue weighted by Crippen LogP contribution is 2.30. The SMILES string of the molecule is Oc1ccccc1-c1cc(-c2ccccc2)on1. The molecule has 3 heteroatoms. The molecule has 0 aliphatic heterocycles. The zero-order valence-corrected chi connectivity index (χ0v) is 9.58. The third-order valence-electron chi connectivity index (χ3n) is 2.75. The van der Waals surface area contributed by atoms with Crippen LogP contribution in [0.25, 0.3) is 22.6 Å². The number of aromatic hydroxyl groups is 1. The minimum absolute atomic E-state index is 0.199. The van der Waals surface area contributed by atoms with Crippen molar-refractivity contribution in [2.24, 2.45) is 0 Å². The van der Waals surface area contributed by atoms with Crippen molar-refractivity contribution in [3.63, 3.8) is 0 Å². The summed E-state index contributed by atoms with van der Waals surface area (Å²) in [6, 6.07) is 18.6. The fourth-order valence-corrected chi connectivity index (χ4v) is 1.83. The molecule has 0 radical (unpaired) electrons. The van der Waals surface area contributed by atoms with Crippen molar-refractivity contribution in [1.29, 1.82) is 0 Å². The molecule has 3 rings (SSSR count). The van der Waals surface area contributed by atoms with Crippen LogP contribution in [0.4, 0.5) is 0 Å². The highest BCUT2D eigenvalue weighted by Gasteiger charge is 2.10. The summed E-state index contributed by atoms with van der Waals surface area (Å²) in [5.41, 5.74) is 2.27. The monoisotopic (exact) mass is 237 g/mol. The first-order chi connectivity index (χ1) is 8.84. The number of hydrogen-bond acceptors (Lipinski definition) is 3. The van der Waals surface area contributed by atoms with Gasteiger partial charge in [-0.15, -0.1) is 0 Å². The van der Waals surface area contributed by atoms with Crippen LogP contribution < -0.4 is 0 Å². The van der Waals surface area contributed by atoms with Crippen LogP contribution in [0.3, 0.4) is 0 Å². The van der Waals surface area contributed by atoms with Gasteiger partial charge in [0.1, 0.15) is 11.4 Å². The Balaban J connectivity index is 2.03. The molecule has 2 aromatic carbocycles. The third-order valence-corrected chi connectivity index (χ3v) is 2.75. The number of rotatable bonds is 2. The van der Waals surface area contributed by atoms with Crippen LogP contribution in [0.1, 0.15) is 0 Å². The molecule has 0 saturated heterocycles. The molecule has 0 amide bonds. The van der Waals surface area contributed by atoms with Crippen LogP contribution in [0.2, 0.25) is 0 Å². The van der Waals surface area contributed by atoms with E-state index in [0.717, 1.165) is 5.56 Å². The quantitative estimate of drug-likeness (QED) is 0.739. The molecule has 0 aliphatic rings. The van der Waals surface area contributed by atoms with Crippen molar-refractivity contribution < 1.29 is 9.63 Å². The first kappa shape index (κ1) is 10.6. The van der Waals surface area contributed by atoms with Crippen molar-refractivity contribution in [2.45, 2.75) is 0 Å². The molecule has 0 spiro atoms. The van der Waals surface area contributed by atoms with E-state index in [-0.39, 0.29) is 5.75 Å². The molecular formula is C15H11NO2. The summed E-state index contributed by atoms with van der Waals surface area (Å²) in [5.74, 6) is 0.888. The molecule has 0 atom stereocenters. The Morgan fingerprint density at radius 1 is 0.889 bits per heavy atom. The number of para-hydroxylation sites is 1. The molecule has 1 aromatic heterocycles. The zero-order chi connectivity index (χ0) is 12.4. The van der Waals surface area contributed by atoms with Crippen LogP contribution in [0.5, 0.6) is 5.75 Å². The highest BCUT2D eigenvalue weighted by molar-refractivity contribution is 5.70. The molecule has 0 aliphatic carbocycles. The van der Waals surface area contributed by atoms with E-state index in [1.165, 1.54) is 0 Å². The second-order valence-electron chi connectivity index (χ2n) is 3.96. The molecule has 0 saturated carbocycles. The summed E-state index contributed by atoms with van der Waals surface area (Å²) in [4.78, 5) is 0. The first-order valence-electron chi connectivity index (χ1n) is 5.65. The minimum atomic E-state index is 0.199. The number of aromatic nitrogens is 1. The summed E-state index contributed by atoms with van der Waals surface area (Å²) in [7, 11) is 0. The number of benzene rings is 2. The molecule has 0 fully saturated rings. The summed E-state index contributed by atoms with van der Waals surface area (Å²) in [6.45, 7) is 0. The van der Waals surface area contributed by atoms with Crippen LogP contribution in [0.15, 0.2) is 65.2 Å². The Bertz CT molecular complexity index is 659. The lowest BCUT2D eigenvalue weighted by molar-refractivity contribution is 0.433.